The zero-order chi connectivity index (χ0) is 16.3. The van der Waals surface area contributed by atoms with Crippen LogP contribution < -0.4 is 10.3 Å². The predicted octanol–water partition coefficient (Wildman–Crippen LogP) is 3.76. The summed E-state index contributed by atoms with van der Waals surface area (Å²) >= 11 is 0. The van der Waals surface area contributed by atoms with Gasteiger partial charge in [-0.2, -0.15) is 5.26 Å². The van der Waals surface area contributed by atoms with E-state index in [1.807, 2.05) is 64.1 Å². The average Bonchev–Trinajstić information content (AvgIpc) is 2.46. The van der Waals surface area contributed by atoms with E-state index in [1.54, 1.807) is 10.6 Å². The van der Waals surface area contributed by atoms with Crippen molar-refractivity contribution in [3.05, 3.63) is 52.3 Å². The second-order valence-electron chi connectivity index (χ2n) is 5.71. The Balaban J connectivity index is 2.61. The average molecular weight is 296 g/mol. The molecule has 4 heteroatoms. The molecule has 0 atom stereocenters. The third kappa shape index (κ3) is 3.20. The molecule has 0 saturated heterocycles. The van der Waals surface area contributed by atoms with E-state index in [-0.39, 0.29) is 23.3 Å². The Morgan fingerprint density at radius 1 is 1.14 bits per heavy atom. The van der Waals surface area contributed by atoms with Gasteiger partial charge in [0.25, 0.3) is 5.56 Å². The van der Waals surface area contributed by atoms with E-state index >= 15 is 0 Å². The maximum Gasteiger partial charge on any atom is 0.269 e. The van der Waals surface area contributed by atoms with E-state index in [4.69, 9.17) is 10.00 Å². The molecule has 1 aromatic carbocycles. The maximum atomic E-state index is 12.4. The molecule has 0 aliphatic heterocycles. The Hall–Kier alpha value is -2.54. The monoisotopic (exact) mass is 296 g/mol. The summed E-state index contributed by atoms with van der Waals surface area (Å²) in [7, 11) is 0. The maximum absolute atomic E-state index is 12.4. The van der Waals surface area contributed by atoms with Crippen LogP contribution in [-0.4, -0.2) is 10.7 Å². The van der Waals surface area contributed by atoms with Crippen LogP contribution in [0.3, 0.4) is 0 Å². The van der Waals surface area contributed by atoms with Gasteiger partial charge in [-0.25, -0.2) is 0 Å². The first-order valence-electron chi connectivity index (χ1n) is 7.36. The Kier molecular flexibility index (Phi) is 4.67. The fourth-order valence-electron chi connectivity index (χ4n) is 2.39. The van der Waals surface area contributed by atoms with Gasteiger partial charge in [0.2, 0.25) is 0 Å². The van der Waals surface area contributed by atoms with Crippen molar-refractivity contribution in [1.82, 2.24) is 4.57 Å². The largest absolute Gasteiger partial charge is 0.491 e. The molecule has 0 fully saturated rings. The molecule has 114 valence electrons. The fourth-order valence-corrected chi connectivity index (χ4v) is 2.39. The zero-order valence-corrected chi connectivity index (χ0v) is 13.3. The highest BCUT2D eigenvalue weighted by molar-refractivity contribution is 5.62. The molecular formula is C18H20N2O2. The first-order valence-corrected chi connectivity index (χ1v) is 7.36. The molecule has 0 unspecified atom stereocenters. The first-order chi connectivity index (χ1) is 10.4. The Bertz CT molecular complexity index is 767. The molecule has 0 amide bonds. The summed E-state index contributed by atoms with van der Waals surface area (Å²) < 4.78 is 7.36. The standard InChI is InChI=1S/C18H20N2O2/c1-12(2)20-17(9-8-15(11-19)18(20)21)14-6-5-7-16(10-14)22-13(3)4/h5-10,12-13H,1-4H3. The summed E-state index contributed by atoms with van der Waals surface area (Å²) in [5.74, 6) is 0.764. The molecule has 2 rings (SSSR count). The predicted molar refractivity (Wildman–Crippen MR) is 87.0 cm³/mol. The SMILES string of the molecule is CC(C)Oc1cccc(-c2ccc(C#N)c(=O)n2C(C)C)c1. The highest BCUT2D eigenvalue weighted by Crippen LogP contribution is 2.25. The van der Waals surface area contributed by atoms with Crippen molar-refractivity contribution in [3.8, 4) is 23.1 Å². The van der Waals surface area contributed by atoms with Crippen molar-refractivity contribution in [1.29, 1.82) is 5.26 Å². The minimum Gasteiger partial charge on any atom is -0.491 e. The van der Waals surface area contributed by atoms with E-state index in [1.165, 1.54) is 0 Å². The van der Waals surface area contributed by atoms with E-state index in [0.29, 0.717) is 0 Å². The first kappa shape index (κ1) is 15.8. The second-order valence-corrected chi connectivity index (χ2v) is 5.71. The van der Waals surface area contributed by atoms with Crippen LogP contribution >= 0.6 is 0 Å². The second kappa shape index (κ2) is 6.48. The van der Waals surface area contributed by atoms with Crippen LogP contribution in [0.1, 0.15) is 39.3 Å². The van der Waals surface area contributed by atoms with Gasteiger partial charge in [-0.3, -0.25) is 4.79 Å². The molecule has 1 heterocycles. The minimum absolute atomic E-state index is 0.0366. The number of nitrogens with zero attached hydrogens (tertiary/aromatic N) is 2. The van der Waals surface area contributed by atoms with Crippen LogP contribution in [0.15, 0.2) is 41.2 Å². The van der Waals surface area contributed by atoms with Crippen molar-refractivity contribution in [2.45, 2.75) is 39.8 Å². The Morgan fingerprint density at radius 2 is 1.86 bits per heavy atom. The number of hydrogen-bond donors (Lipinski definition) is 0. The molecule has 0 spiro atoms. The fraction of sp³-hybridized carbons (Fsp3) is 0.333. The van der Waals surface area contributed by atoms with Gasteiger partial charge in [0.05, 0.1) is 11.8 Å². The van der Waals surface area contributed by atoms with Crippen LogP contribution in [0.25, 0.3) is 11.3 Å². The van der Waals surface area contributed by atoms with Crippen LogP contribution in [0.2, 0.25) is 0 Å². The van der Waals surface area contributed by atoms with E-state index in [0.717, 1.165) is 17.0 Å². The minimum atomic E-state index is -0.259. The third-order valence-corrected chi connectivity index (χ3v) is 3.26. The molecule has 1 aromatic heterocycles. The van der Waals surface area contributed by atoms with E-state index < -0.39 is 0 Å². The summed E-state index contributed by atoms with van der Waals surface area (Å²) in [6.07, 6.45) is 0.0866. The zero-order valence-electron chi connectivity index (χ0n) is 13.3. The van der Waals surface area contributed by atoms with Crippen molar-refractivity contribution in [3.63, 3.8) is 0 Å². The summed E-state index contributed by atoms with van der Waals surface area (Å²) in [6.45, 7) is 7.80. The smallest absolute Gasteiger partial charge is 0.269 e. The molecule has 22 heavy (non-hydrogen) atoms. The van der Waals surface area contributed by atoms with Crippen LogP contribution in [0, 0.1) is 11.3 Å². The highest BCUT2D eigenvalue weighted by atomic mass is 16.5. The lowest BCUT2D eigenvalue weighted by Crippen LogP contribution is -2.25. The lowest BCUT2D eigenvalue weighted by Gasteiger charge is -2.18. The van der Waals surface area contributed by atoms with Gasteiger partial charge in [-0.1, -0.05) is 12.1 Å². The van der Waals surface area contributed by atoms with Crippen LogP contribution in [0.4, 0.5) is 0 Å². The Labute approximate surface area is 130 Å². The molecule has 0 radical (unpaired) electrons. The molecule has 0 saturated carbocycles. The van der Waals surface area contributed by atoms with Crippen molar-refractivity contribution in [2.75, 3.05) is 0 Å². The number of benzene rings is 1. The van der Waals surface area contributed by atoms with Crippen LogP contribution in [0.5, 0.6) is 5.75 Å². The highest BCUT2D eigenvalue weighted by Gasteiger charge is 2.13. The summed E-state index contributed by atoms with van der Waals surface area (Å²) in [5.41, 5.74) is 1.58. The lowest BCUT2D eigenvalue weighted by molar-refractivity contribution is 0.242. The van der Waals surface area contributed by atoms with Gasteiger partial charge in [0.1, 0.15) is 17.4 Å². The van der Waals surface area contributed by atoms with Gasteiger partial charge in [0.15, 0.2) is 0 Å². The molecule has 0 bridgehead atoms. The number of hydrogen-bond acceptors (Lipinski definition) is 3. The molecule has 0 N–H and O–H groups in total. The van der Waals surface area contributed by atoms with Crippen molar-refractivity contribution in [2.24, 2.45) is 0 Å². The molecule has 2 aromatic rings. The Morgan fingerprint density at radius 3 is 2.45 bits per heavy atom. The van der Waals surface area contributed by atoms with Crippen molar-refractivity contribution >= 4 is 0 Å². The summed E-state index contributed by atoms with van der Waals surface area (Å²) in [5, 5.41) is 9.05. The van der Waals surface area contributed by atoms with Crippen molar-refractivity contribution < 1.29 is 4.74 Å². The van der Waals surface area contributed by atoms with Gasteiger partial charge >= 0.3 is 0 Å². The molecule has 0 aliphatic carbocycles. The number of ether oxygens (including phenoxy) is 1. The van der Waals surface area contributed by atoms with Gasteiger partial charge < -0.3 is 9.30 Å². The van der Waals surface area contributed by atoms with Gasteiger partial charge in [-0.15, -0.1) is 0 Å². The van der Waals surface area contributed by atoms with Crippen LogP contribution in [-0.2, 0) is 0 Å². The van der Waals surface area contributed by atoms with Gasteiger partial charge in [-0.05, 0) is 52.0 Å². The number of nitriles is 1. The third-order valence-electron chi connectivity index (χ3n) is 3.26. The quantitative estimate of drug-likeness (QED) is 0.863. The van der Waals surface area contributed by atoms with E-state index in [9.17, 15) is 4.79 Å². The summed E-state index contributed by atoms with van der Waals surface area (Å²) in [4.78, 5) is 12.4. The number of rotatable bonds is 4. The summed E-state index contributed by atoms with van der Waals surface area (Å²) in [6, 6.07) is 13.0. The number of pyridine rings is 1. The lowest BCUT2D eigenvalue weighted by atomic mass is 10.1. The van der Waals surface area contributed by atoms with Gasteiger partial charge in [0, 0.05) is 11.6 Å². The van der Waals surface area contributed by atoms with E-state index in [2.05, 4.69) is 0 Å². The normalized spacial score (nSPS) is 10.8. The molecule has 0 aliphatic rings. The topological polar surface area (TPSA) is 55.0 Å². The molecular weight excluding hydrogens is 276 g/mol. The number of aromatic nitrogens is 1. The molecule has 4 nitrogen and oxygen atoms in total.